The van der Waals surface area contributed by atoms with Gasteiger partial charge in [0.1, 0.15) is 22.8 Å². The standard InChI is InChI=1S/C18H19N3O3/c1-12-6-7-21-11-15(20-17(21)8-12)18(22)19-10-13-9-14(23-2)4-5-16(13)24-3/h4-9,11H,10H2,1-3H3,(H,19,22). The van der Waals surface area contributed by atoms with E-state index in [9.17, 15) is 4.79 Å². The summed E-state index contributed by atoms with van der Waals surface area (Å²) in [5.41, 5.74) is 3.06. The first-order valence-electron chi connectivity index (χ1n) is 7.55. The van der Waals surface area contributed by atoms with Gasteiger partial charge in [0.05, 0.1) is 14.2 Å². The van der Waals surface area contributed by atoms with Gasteiger partial charge in [0.2, 0.25) is 0 Å². The predicted molar refractivity (Wildman–Crippen MR) is 90.6 cm³/mol. The van der Waals surface area contributed by atoms with Crippen LogP contribution in [0.3, 0.4) is 0 Å². The zero-order valence-corrected chi connectivity index (χ0v) is 13.9. The number of carbonyl (C=O) groups is 1. The van der Waals surface area contributed by atoms with Gasteiger partial charge < -0.3 is 19.2 Å². The van der Waals surface area contributed by atoms with Crippen LogP contribution in [0.25, 0.3) is 5.65 Å². The van der Waals surface area contributed by atoms with Gasteiger partial charge in [0.15, 0.2) is 0 Å². The number of hydrogen-bond acceptors (Lipinski definition) is 4. The number of carbonyl (C=O) groups excluding carboxylic acids is 1. The largest absolute Gasteiger partial charge is 0.497 e. The number of amides is 1. The molecule has 0 spiro atoms. The van der Waals surface area contributed by atoms with E-state index in [-0.39, 0.29) is 5.91 Å². The molecule has 0 unspecified atom stereocenters. The fraction of sp³-hybridized carbons (Fsp3) is 0.222. The molecule has 1 amide bonds. The molecule has 0 saturated heterocycles. The lowest BCUT2D eigenvalue weighted by molar-refractivity contribution is 0.0946. The Bertz CT molecular complexity index is 886. The lowest BCUT2D eigenvalue weighted by Gasteiger charge is -2.10. The van der Waals surface area contributed by atoms with Gasteiger partial charge in [-0.3, -0.25) is 4.79 Å². The van der Waals surface area contributed by atoms with Crippen molar-refractivity contribution in [3.63, 3.8) is 0 Å². The van der Waals surface area contributed by atoms with Crippen molar-refractivity contribution in [1.29, 1.82) is 0 Å². The third-order valence-electron chi connectivity index (χ3n) is 3.78. The fourth-order valence-electron chi connectivity index (χ4n) is 2.48. The van der Waals surface area contributed by atoms with Gasteiger partial charge in [-0.25, -0.2) is 4.98 Å². The highest BCUT2D eigenvalue weighted by molar-refractivity contribution is 5.92. The SMILES string of the molecule is COc1ccc(OC)c(CNC(=O)c2cn3ccc(C)cc3n2)c1. The number of ether oxygens (including phenoxy) is 2. The third kappa shape index (κ3) is 3.17. The fourth-order valence-corrected chi connectivity index (χ4v) is 2.48. The quantitative estimate of drug-likeness (QED) is 0.783. The van der Waals surface area contributed by atoms with Crippen LogP contribution in [0.1, 0.15) is 21.6 Å². The van der Waals surface area contributed by atoms with Gasteiger partial charge >= 0.3 is 0 Å². The van der Waals surface area contributed by atoms with E-state index in [0.717, 1.165) is 16.8 Å². The van der Waals surface area contributed by atoms with Crippen LogP contribution >= 0.6 is 0 Å². The number of methoxy groups -OCH3 is 2. The van der Waals surface area contributed by atoms with Crippen molar-refractivity contribution in [3.05, 3.63) is 59.5 Å². The highest BCUT2D eigenvalue weighted by Crippen LogP contribution is 2.23. The summed E-state index contributed by atoms with van der Waals surface area (Å²) in [5, 5.41) is 2.87. The summed E-state index contributed by atoms with van der Waals surface area (Å²) >= 11 is 0. The Hall–Kier alpha value is -3.02. The molecule has 0 saturated carbocycles. The highest BCUT2D eigenvalue weighted by atomic mass is 16.5. The van der Waals surface area contributed by atoms with Gasteiger partial charge in [-0.05, 0) is 42.8 Å². The Labute approximate surface area is 140 Å². The van der Waals surface area contributed by atoms with Crippen molar-refractivity contribution in [2.45, 2.75) is 13.5 Å². The van der Waals surface area contributed by atoms with E-state index in [4.69, 9.17) is 9.47 Å². The summed E-state index contributed by atoms with van der Waals surface area (Å²) in [6, 6.07) is 9.37. The zero-order valence-electron chi connectivity index (χ0n) is 13.9. The Morgan fingerprint density at radius 1 is 1.21 bits per heavy atom. The van der Waals surface area contributed by atoms with Crippen LogP contribution in [-0.4, -0.2) is 29.5 Å². The summed E-state index contributed by atoms with van der Waals surface area (Å²) in [6.07, 6.45) is 3.60. The lowest BCUT2D eigenvalue weighted by atomic mass is 10.2. The number of aromatic nitrogens is 2. The van der Waals surface area contributed by atoms with Crippen molar-refractivity contribution in [1.82, 2.24) is 14.7 Å². The van der Waals surface area contributed by atoms with E-state index < -0.39 is 0 Å². The molecule has 3 aromatic rings. The van der Waals surface area contributed by atoms with Crippen molar-refractivity contribution in [2.75, 3.05) is 14.2 Å². The Balaban J connectivity index is 1.77. The van der Waals surface area contributed by atoms with Gasteiger partial charge in [-0.1, -0.05) is 0 Å². The molecule has 6 nitrogen and oxygen atoms in total. The molecular formula is C18H19N3O3. The number of fused-ring (bicyclic) bond motifs is 1. The molecule has 0 aliphatic rings. The van der Waals surface area contributed by atoms with E-state index >= 15 is 0 Å². The van der Waals surface area contributed by atoms with Crippen LogP contribution in [0.5, 0.6) is 11.5 Å². The number of rotatable bonds is 5. The molecule has 24 heavy (non-hydrogen) atoms. The average molecular weight is 325 g/mol. The van der Waals surface area contributed by atoms with Gasteiger partial charge in [-0.2, -0.15) is 0 Å². The van der Waals surface area contributed by atoms with Crippen LogP contribution in [0.2, 0.25) is 0 Å². The number of imidazole rings is 1. The first kappa shape index (κ1) is 15.9. The summed E-state index contributed by atoms with van der Waals surface area (Å²) in [6.45, 7) is 2.32. The van der Waals surface area contributed by atoms with Crippen molar-refractivity contribution >= 4 is 11.6 Å². The Morgan fingerprint density at radius 2 is 2.04 bits per heavy atom. The first-order valence-corrected chi connectivity index (χ1v) is 7.55. The Morgan fingerprint density at radius 3 is 2.79 bits per heavy atom. The van der Waals surface area contributed by atoms with Crippen LogP contribution in [0.15, 0.2) is 42.7 Å². The second-order valence-electron chi connectivity index (χ2n) is 5.46. The maximum atomic E-state index is 12.4. The minimum atomic E-state index is -0.235. The molecule has 124 valence electrons. The zero-order chi connectivity index (χ0) is 17.1. The number of nitrogens with zero attached hydrogens (tertiary/aromatic N) is 2. The summed E-state index contributed by atoms with van der Waals surface area (Å²) < 4.78 is 12.4. The van der Waals surface area contributed by atoms with Crippen molar-refractivity contribution < 1.29 is 14.3 Å². The van der Waals surface area contributed by atoms with Crippen LogP contribution in [0.4, 0.5) is 0 Å². The summed E-state index contributed by atoms with van der Waals surface area (Å²) in [5.74, 6) is 1.17. The van der Waals surface area contributed by atoms with E-state index in [1.165, 1.54) is 0 Å². The molecule has 0 bridgehead atoms. The molecular weight excluding hydrogens is 306 g/mol. The third-order valence-corrected chi connectivity index (χ3v) is 3.78. The molecule has 3 rings (SSSR count). The van der Waals surface area contributed by atoms with Gasteiger partial charge in [0, 0.05) is 24.5 Å². The summed E-state index contributed by atoms with van der Waals surface area (Å²) in [4.78, 5) is 16.7. The topological polar surface area (TPSA) is 64.9 Å². The normalized spacial score (nSPS) is 10.6. The number of benzene rings is 1. The van der Waals surface area contributed by atoms with E-state index in [0.29, 0.717) is 23.7 Å². The van der Waals surface area contributed by atoms with Gasteiger partial charge in [0.25, 0.3) is 5.91 Å². The smallest absolute Gasteiger partial charge is 0.271 e. The molecule has 2 aromatic heterocycles. The van der Waals surface area contributed by atoms with Gasteiger partial charge in [-0.15, -0.1) is 0 Å². The van der Waals surface area contributed by atoms with E-state index in [1.54, 1.807) is 20.4 Å². The maximum Gasteiger partial charge on any atom is 0.271 e. The van der Waals surface area contributed by atoms with E-state index in [2.05, 4.69) is 10.3 Å². The van der Waals surface area contributed by atoms with Crippen molar-refractivity contribution in [2.24, 2.45) is 0 Å². The number of aryl methyl sites for hydroxylation is 1. The Kier molecular flexibility index (Phi) is 4.37. The average Bonchev–Trinajstić information content (AvgIpc) is 3.02. The molecule has 0 aliphatic heterocycles. The van der Waals surface area contributed by atoms with Crippen LogP contribution in [0, 0.1) is 6.92 Å². The number of nitrogens with one attached hydrogen (secondary N) is 1. The molecule has 2 heterocycles. The number of hydrogen-bond donors (Lipinski definition) is 1. The second-order valence-corrected chi connectivity index (χ2v) is 5.46. The molecule has 0 atom stereocenters. The molecule has 0 fully saturated rings. The molecule has 1 N–H and O–H groups in total. The predicted octanol–water partition coefficient (Wildman–Crippen LogP) is 2.59. The minimum absolute atomic E-state index is 0.235. The molecule has 1 aromatic carbocycles. The van der Waals surface area contributed by atoms with E-state index in [1.807, 2.05) is 47.9 Å². The molecule has 0 radical (unpaired) electrons. The number of pyridine rings is 1. The monoisotopic (exact) mass is 325 g/mol. The van der Waals surface area contributed by atoms with Crippen LogP contribution < -0.4 is 14.8 Å². The highest BCUT2D eigenvalue weighted by Gasteiger charge is 2.12. The maximum absolute atomic E-state index is 12.4. The van der Waals surface area contributed by atoms with Crippen LogP contribution in [-0.2, 0) is 6.54 Å². The first-order chi connectivity index (χ1) is 11.6. The summed E-state index contributed by atoms with van der Waals surface area (Å²) in [7, 11) is 3.19. The molecule has 0 aliphatic carbocycles. The lowest BCUT2D eigenvalue weighted by Crippen LogP contribution is -2.23. The second kappa shape index (κ2) is 6.62. The molecule has 6 heteroatoms. The van der Waals surface area contributed by atoms with Crippen molar-refractivity contribution in [3.8, 4) is 11.5 Å². The minimum Gasteiger partial charge on any atom is -0.497 e.